The maximum atomic E-state index is 11.9. The Hall–Kier alpha value is -1.10. The standard InChI is InChI=1S/C13H15F3OS/c1-2-3-4-5-10-18-12-8-6-11(7-9-12)17-13(14,15)16/h3-4,6-9H,2,5,10H2,1H3/b4-3+. The lowest BCUT2D eigenvalue weighted by molar-refractivity contribution is -0.274. The summed E-state index contributed by atoms with van der Waals surface area (Å²) in [5.41, 5.74) is 0. The van der Waals surface area contributed by atoms with E-state index in [9.17, 15) is 13.2 Å². The summed E-state index contributed by atoms with van der Waals surface area (Å²) in [4.78, 5) is 0.939. The fraction of sp³-hybridized carbons (Fsp3) is 0.385. The molecule has 0 aliphatic heterocycles. The van der Waals surface area contributed by atoms with Crippen LogP contribution < -0.4 is 4.74 Å². The zero-order valence-corrected chi connectivity index (χ0v) is 10.9. The molecule has 5 heteroatoms. The van der Waals surface area contributed by atoms with Gasteiger partial charge in [0.25, 0.3) is 0 Å². The molecule has 18 heavy (non-hydrogen) atoms. The summed E-state index contributed by atoms with van der Waals surface area (Å²) in [7, 11) is 0. The van der Waals surface area contributed by atoms with E-state index in [0.717, 1.165) is 23.5 Å². The molecule has 0 radical (unpaired) electrons. The fourth-order valence-corrected chi connectivity index (χ4v) is 2.09. The molecule has 0 fully saturated rings. The highest BCUT2D eigenvalue weighted by molar-refractivity contribution is 7.99. The van der Waals surface area contributed by atoms with Gasteiger partial charge in [0.2, 0.25) is 0 Å². The van der Waals surface area contributed by atoms with E-state index in [1.807, 2.05) is 0 Å². The van der Waals surface area contributed by atoms with Crippen LogP contribution in [0.15, 0.2) is 41.3 Å². The zero-order chi connectivity index (χ0) is 13.4. The number of rotatable bonds is 6. The number of ether oxygens (including phenoxy) is 1. The molecular weight excluding hydrogens is 261 g/mol. The average molecular weight is 276 g/mol. The summed E-state index contributed by atoms with van der Waals surface area (Å²) in [6.07, 6.45) is 1.56. The average Bonchev–Trinajstić information content (AvgIpc) is 2.29. The van der Waals surface area contributed by atoms with E-state index in [1.54, 1.807) is 23.9 Å². The second kappa shape index (κ2) is 7.36. The van der Waals surface area contributed by atoms with Crippen molar-refractivity contribution >= 4 is 11.8 Å². The van der Waals surface area contributed by atoms with Crippen LogP contribution in [0.2, 0.25) is 0 Å². The van der Waals surface area contributed by atoms with E-state index in [0.29, 0.717) is 0 Å². The molecule has 1 aromatic rings. The van der Waals surface area contributed by atoms with Gasteiger partial charge in [-0.15, -0.1) is 24.9 Å². The van der Waals surface area contributed by atoms with Crippen LogP contribution in [-0.2, 0) is 0 Å². The number of benzene rings is 1. The molecule has 0 atom stereocenters. The van der Waals surface area contributed by atoms with Crippen LogP contribution in [0.1, 0.15) is 19.8 Å². The Morgan fingerprint density at radius 3 is 2.39 bits per heavy atom. The Labute approximate surface area is 109 Å². The van der Waals surface area contributed by atoms with E-state index in [1.165, 1.54) is 12.1 Å². The maximum Gasteiger partial charge on any atom is 0.573 e. The Kier molecular flexibility index (Phi) is 6.12. The normalized spacial score (nSPS) is 12.0. The summed E-state index contributed by atoms with van der Waals surface area (Å²) in [6.45, 7) is 2.07. The minimum atomic E-state index is -4.63. The lowest BCUT2D eigenvalue weighted by Crippen LogP contribution is -2.16. The quantitative estimate of drug-likeness (QED) is 0.409. The molecule has 100 valence electrons. The first-order valence-electron chi connectivity index (χ1n) is 5.65. The van der Waals surface area contributed by atoms with Crippen LogP contribution in [0.25, 0.3) is 0 Å². The lowest BCUT2D eigenvalue weighted by atomic mass is 10.3. The number of allylic oxidation sites excluding steroid dienone is 2. The number of thioether (sulfide) groups is 1. The van der Waals surface area contributed by atoms with E-state index in [2.05, 4.69) is 23.8 Å². The molecule has 0 amide bonds. The first kappa shape index (κ1) is 15.0. The minimum absolute atomic E-state index is 0.183. The zero-order valence-electron chi connectivity index (χ0n) is 10.0. The molecule has 0 aliphatic rings. The Morgan fingerprint density at radius 1 is 1.17 bits per heavy atom. The van der Waals surface area contributed by atoms with Crippen LogP contribution in [-0.4, -0.2) is 12.1 Å². The van der Waals surface area contributed by atoms with Gasteiger partial charge in [-0.1, -0.05) is 19.1 Å². The van der Waals surface area contributed by atoms with Gasteiger partial charge in [-0.25, -0.2) is 0 Å². The highest BCUT2D eigenvalue weighted by atomic mass is 32.2. The van der Waals surface area contributed by atoms with Crippen molar-refractivity contribution in [3.8, 4) is 5.75 Å². The predicted octanol–water partition coefficient (Wildman–Crippen LogP) is 5.03. The molecule has 0 aliphatic carbocycles. The summed E-state index contributed by atoms with van der Waals surface area (Å²) in [5, 5.41) is 0. The van der Waals surface area contributed by atoms with Gasteiger partial charge < -0.3 is 4.74 Å². The van der Waals surface area contributed by atoms with Crippen LogP contribution >= 0.6 is 11.8 Å². The largest absolute Gasteiger partial charge is 0.573 e. The van der Waals surface area contributed by atoms with Crippen molar-refractivity contribution in [2.45, 2.75) is 31.0 Å². The van der Waals surface area contributed by atoms with E-state index >= 15 is 0 Å². The van der Waals surface area contributed by atoms with Crippen molar-refractivity contribution in [3.05, 3.63) is 36.4 Å². The maximum absolute atomic E-state index is 11.9. The van der Waals surface area contributed by atoms with Gasteiger partial charge in [0.1, 0.15) is 5.75 Å². The van der Waals surface area contributed by atoms with Crippen molar-refractivity contribution in [1.29, 1.82) is 0 Å². The molecule has 1 rings (SSSR count). The third-order valence-electron chi connectivity index (χ3n) is 2.01. The third-order valence-corrected chi connectivity index (χ3v) is 3.06. The Bertz CT molecular complexity index is 371. The van der Waals surface area contributed by atoms with Crippen molar-refractivity contribution in [3.63, 3.8) is 0 Å². The van der Waals surface area contributed by atoms with Gasteiger partial charge in [-0.2, -0.15) is 0 Å². The highest BCUT2D eigenvalue weighted by Gasteiger charge is 2.30. The van der Waals surface area contributed by atoms with Crippen molar-refractivity contribution in [1.82, 2.24) is 0 Å². The topological polar surface area (TPSA) is 9.23 Å². The molecule has 0 N–H and O–H groups in total. The second-order valence-corrected chi connectivity index (χ2v) is 4.70. The molecule has 0 aromatic heterocycles. The van der Waals surface area contributed by atoms with Crippen molar-refractivity contribution < 1.29 is 17.9 Å². The number of hydrogen-bond acceptors (Lipinski definition) is 2. The number of halogens is 3. The van der Waals surface area contributed by atoms with Crippen LogP contribution in [0, 0.1) is 0 Å². The minimum Gasteiger partial charge on any atom is -0.406 e. The van der Waals surface area contributed by atoms with E-state index in [4.69, 9.17) is 0 Å². The molecule has 0 spiro atoms. The third kappa shape index (κ3) is 6.59. The number of hydrogen-bond donors (Lipinski definition) is 0. The van der Waals surface area contributed by atoms with E-state index in [-0.39, 0.29) is 5.75 Å². The second-order valence-electron chi connectivity index (χ2n) is 3.54. The SMILES string of the molecule is CC/C=C/CCSc1ccc(OC(F)(F)F)cc1. The summed E-state index contributed by atoms with van der Waals surface area (Å²) in [6, 6.07) is 5.93. The molecule has 0 bridgehead atoms. The van der Waals surface area contributed by atoms with Crippen molar-refractivity contribution in [2.24, 2.45) is 0 Å². The summed E-state index contributed by atoms with van der Waals surface area (Å²) >= 11 is 1.61. The van der Waals surface area contributed by atoms with E-state index < -0.39 is 6.36 Å². The summed E-state index contributed by atoms with van der Waals surface area (Å²) < 4.78 is 39.6. The van der Waals surface area contributed by atoms with Gasteiger partial charge in [0.05, 0.1) is 0 Å². The smallest absolute Gasteiger partial charge is 0.406 e. The first-order valence-corrected chi connectivity index (χ1v) is 6.63. The Morgan fingerprint density at radius 2 is 1.83 bits per heavy atom. The van der Waals surface area contributed by atoms with Crippen molar-refractivity contribution in [2.75, 3.05) is 5.75 Å². The lowest BCUT2D eigenvalue weighted by Gasteiger charge is -2.08. The number of alkyl halides is 3. The molecular formula is C13H15F3OS. The predicted molar refractivity (Wildman–Crippen MR) is 67.9 cm³/mol. The van der Waals surface area contributed by atoms with Gasteiger partial charge >= 0.3 is 6.36 Å². The first-order chi connectivity index (χ1) is 8.51. The van der Waals surface area contributed by atoms with Crippen LogP contribution in [0.4, 0.5) is 13.2 Å². The molecule has 0 saturated heterocycles. The van der Waals surface area contributed by atoms with Gasteiger partial charge in [0, 0.05) is 10.6 Å². The molecule has 0 saturated carbocycles. The van der Waals surface area contributed by atoms with Crippen LogP contribution in [0.3, 0.4) is 0 Å². The highest BCUT2D eigenvalue weighted by Crippen LogP contribution is 2.26. The van der Waals surface area contributed by atoms with Gasteiger partial charge in [-0.3, -0.25) is 0 Å². The fourth-order valence-electron chi connectivity index (χ4n) is 1.27. The Balaban J connectivity index is 2.38. The molecule has 0 unspecified atom stereocenters. The van der Waals surface area contributed by atoms with Crippen LogP contribution in [0.5, 0.6) is 5.75 Å². The molecule has 0 heterocycles. The summed E-state index contributed by atoms with van der Waals surface area (Å²) in [5.74, 6) is 0.730. The van der Waals surface area contributed by atoms with Gasteiger partial charge in [0.15, 0.2) is 0 Å². The monoisotopic (exact) mass is 276 g/mol. The van der Waals surface area contributed by atoms with Gasteiger partial charge in [-0.05, 0) is 37.1 Å². The molecule has 1 aromatic carbocycles. The molecule has 1 nitrogen and oxygen atoms in total.